The number of aromatic nitrogens is 2. The van der Waals surface area contributed by atoms with E-state index < -0.39 is 22.4 Å². The van der Waals surface area contributed by atoms with E-state index in [-0.39, 0.29) is 17.3 Å². The first-order valence-corrected chi connectivity index (χ1v) is 9.71. The number of alkyl halides is 3. The van der Waals surface area contributed by atoms with Crippen LogP contribution in [0.15, 0.2) is 54.9 Å². The van der Waals surface area contributed by atoms with Gasteiger partial charge in [-0.05, 0) is 48.9 Å². The lowest BCUT2D eigenvalue weighted by atomic mass is 10.2. The maximum atomic E-state index is 13.0. The number of nitro groups is 1. The molecule has 0 aliphatic heterocycles. The SMILES string of the molecule is CCCCOc1ccc(Nc2ncnc(Nc3cccc(C(F)(F)F)c3)c2[N+](=O)[O-])cc1. The number of rotatable bonds is 9. The Kier molecular flexibility index (Phi) is 7.08. The highest BCUT2D eigenvalue weighted by Gasteiger charge is 2.31. The van der Waals surface area contributed by atoms with Crippen LogP contribution in [0.5, 0.6) is 5.75 Å². The topological polar surface area (TPSA) is 102 Å². The molecule has 0 aliphatic rings. The number of nitrogens with zero attached hydrogens (tertiary/aromatic N) is 3. The van der Waals surface area contributed by atoms with Crippen molar-refractivity contribution in [1.29, 1.82) is 0 Å². The van der Waals surface area contributed by atoms with E-state index in [4.69, 9.17) is 4.74 Å². The van der Waals surface area contributed by atoms with Gasteiger partial charge in [-0.15, -0.1) is 0 Å². The molecule has 0 aliphatic carbocycles. The minimum Gasteiger partial charge on any atom is -0.494 e. The van der Waals surface area contributed by atoms with Crippen molar-refractivity contribution in [3.8, 4) is 5.75 Å². The summed E-state index contributed by atoms with van der Waals surface area (Å²) in [5.41, 5.74) is -0.882. The number of anilines is 4. The molecule has 0 atom stereocenters. The lowest BCUT2D eigenvalue weighted by Gasteiger charge is -2.12. The first kappa shape index (κ1) is 22.8. The molecule has 0 radical (unpaired) electrons. The van der Waals surface area contributed by atoms with Gasteiger partial charge >= 0.3 is 11.9 Å². The van der Waals surface area contributed by atoms with Crippen molar-refractivity contribution in [2.24, 2.45) is 0 Å². The van der Waals surface area contributed by atoms with Gasteiger partial charge in [0.15, 0.2) is 0 Å². The van der Waals surface area contributed by atoms with Crippen molar-refractivity contribution >= 4 is 28.7 Å². The molecular weight excluding hydrogens is 427 g/mol. The summed E-state index contributed by atoms with van der Waals surface area (Å²) in [7, 11) is 0. The molecule has 0 fully saturated rings. The summed E-state index contributed by atoms with van der Waals surface area (Å²) >= 11 is 0. The summed E-state index contributed by atoms with van der Waals surface area (Å²) in [5, 5.41) is 17.1. The molecule has 3 rings (SSSR count). The molecule has 0 saturated heterocycles. The second kappa shape index (κ2) is 9.94. The summed E-state index contributed by atoms with van der Waals surface area (Å²) in [6.07, 6.45) is -1.54. The van der Waals surface area contributed by atoms with Crippen LogP contribution in [0.3, 0.4) is 0 Å². The van der Waals surface area contributed by atoms with E-state index in [2.05, 4.69) is 27.5 Å². The minimum atomic E-state index is -4.55. The molecule has 0 saturated carbocycles. The van der Waals surface area contributed by atoms with Gasteiger partial charge in [-0.2, -0.15) is 13.2 Å². The average molecular weight is 447 g/mol. The Morgan fingerprint density at radius 1 is 1.03 bits per heavy atom. The predicted molar refractivity (Wildman–Crippen MR) is 114 cm³/mol. The van der Waals surface area contributed by atoms with E-state index >= 15 is 0 Å². The van der Waals surface area contributed by atoms with Crippen molar-refractivity contribution in [3.05, 3.63) is 70.5 Å². The Bertz CT molecular complexity index is 1080. The quantitative estimate of drug-likeness (QED) is 0.233. The van der Waals surface area contributed by atoms with E-state index in [1.165, 1.54) is 12.1 Å². The molecular formula is C21H20F3N5O3. The number of benzene rings is 2. The molecule has 0 spiro atoms. The highest BCUT2D eigenvalue weighted by atomic mass is 19.4. The summed E-state index contributed by atoms with van der Waals surface area (Å²) in [4.78, 5) is 18.8. The Morgan fingerprint density at radius 2 is 1.69 bits per heavy atom. The Labute approximate surface area is 181 Å². The molecule has 0 amide bonds. The van der Waals surface area contributed by atoms with Crippen LogP contribution in [0.2, 0.25) is 0 Å². The van der Waals surface area contributed by atoms with E-state index in [0.717, 1.165) is 31.3 Å². The van der Waals surface area contributed by atoms with Crippen LogP contribution in [0, 0.1) is 10.1 Å². The standard InChI is InChI=1S/C21H20F3N5O3/c1-2-3-11-32-17-9-7-15(8-10-17)27-19-18(29(30)31)20(26-13-25-19)28-16-6-4-5-14(12-16)21(22,23)24/h4-10,12-13H,2-3,11H2,1H3,(H2,25,26,27,28). The minimum absolute atomic E-state index is 0.00107. The van der Waals surface area contributed by atoms with Gasteiger partial charge in [0.05, 0.1) is 17.1 Å². The van der Waals surface area contributed by atoms with Gasteiger partial charge in [0.1, 0.15) is 12.1 Å². The molecule has 0 unspecified atom stereocenters. The van der Waals surface area contributed by atoms with E-state index in [9.17, 15) is 23.3 Å². The van der Waals surface area contributed by atoms with Crippen LogP contribution in [-0.2, 0) is 6.18 Å². The largest absolute Gasteiger partial charge is 0.494 e. The fraction of sp³-hybridized carbons (Fsp3) is 0.238. The number of ether oxygens (including phenoxy) is 1. The van der Waals surface area contributed by atoms with Gasteiger partial charge in [-0.3, -0.25) is 10.1 Å². The van der Waals surface area contributed by atoms with Crippen LogP contribution in [0.25, 0.3) is 0 Å². The normalized spacial score (nSPS) is 11.1. The van der Waals surface area contributed by atoms with Gasteiger partial charge in [-0.25, -0.2) is 9.97 Å². The lowest BCUT2D eigenvalue weighted by molar-refractivity contribution is -0.383. The zero-order chi connectivity index (χ0) is 23.1. The van der Waals surface area contributed by atoms with Gasteiger partial charge in [0.2, 0.25) is 11.6 Å². The van der Waals surface area contributed by atoms with Gasteiger partial charge in [0.25, 0.3) is 0 Å². The molecule has 11 heteroatoms. The molecule has 3 aromatic rings. The molecule has 1 aromatic heterocycles. The Balaban J connectivity index is 1.83. The molecule has 1 heterocycles. The maximum Gasteiger partial charge on any atom is 0.416 e. The molecule has 32 heavy (non-hydrogen) atoms. The molecule has 2 N–H and O–H groups in total. The predicted octanol–water partition coefficient (Wildman–Crippen LogP) is 6.07. The zero-order valence-electron chi connectivity index (χ0n) is 17.0. The zero-order valence-corrected chi connectivity index (χ0v) is 17.0. The van der Waals surface area contributed by atoms with E-state index in [1.54, 1.807) is 24.3 Å². The second-order valence-corrected chi connectivity index (χ2v) is 6.73. The highest BCUT2D eigenvalue weighted by Crippen LogP contribution is 2.35. The maximum absolute atomic E-state index is 13.0. The van der Waals surface area contributed by atoms with Crippen molar-refractivity contribution in [2.75, 3.05) is 17.2 Å². The summed E-state index contributed by atoms with van der Waals surface area (Å²) in [6.45, 7) is 2.65. The van der Waals surface area contributed by atoms with Crippen molar-refractivity contribution in [2.45, 2.75) is 25.9 Å². The van der Waals surface area contributed by atoms with Crippen LogP contribution in [0.1, 0.15) is 25.3 Å². The van der Waals surface area contributed by atoms with Crippen molar-refractivity contribution in [3.63, 3.8) is 0 Å². The summed E-state index contributed by atoms with van der Waals surface area (Å²) in [6, 6.07) is 11.1. The van der Waals surface area contributed by atoms with Crippen molar-refractivity contribution in [1.82, 2.24) is 9.97 Å². The number of unbranched alkanes of at least 4 members (excludes halogenated alkanes) is 1. The smallest absolute Gasteiger partial charge is 0.416 e. The number of hydrogen-bond acceptors (Lipinski definition) is 7. The number of halogens is 3. The third-order valence-corrected chi connectivity index (χ3v) is 4.34. The van der Waals surface area contributed by atoms with Gasteiger partial charge in [-0.1, -0.05) is 19.4 Å². The van der Waals surface area contributed by atoms with Crippen LogP contribution in [-0.4, -0.2) is 21.5 Å². The van der Waals surface area contributed by atoms with Crippen LogP contribution < -0.4 is 15.4 Å². The lowest BCUT2D eigenvalue weighted by Crippen LogP contribution is -2.07. The second-order valence-electron chi connectivity index (χ2n) is 6.73. The van der Waals surface area contributed by atoms with Crippen LogP contribution in [0.4, 0.5) is 41.9 Å². The summed E-state index contributed by atoms with van der Waals surface area (Å²) < 4.78 is 44.4. The monoisotopic (exact) mass is 447 g/mol. The first-order valence-electron chi connectivity index (χ1n) is 9.71. The average Bonchev–Trinajstić information content (AvgIpc) is 2.75. The Morgan fingerprint density at radius 3 is 2.28 bits per heavy atom. The van der Waals surface area contributed by atoms with Crippen molar-refractivity contribution < 1.29 is 22.8 Å². The number of hydrogen-bond donors (Lipinski definition) is 2. The fourth-order valence-electron chi connectivity index (χ4n) is 2.75. The fourth-order valence-corrected chi connectivity index (χ4v) is 2.75. The summed E-state index contributed by atoms with van der Waals surface area (Å²) in [5.74, 6) is 0.304. The molecule has 8 nitrogen and oxygen atoms in total. The first-order chi connectivity index (χ1) is 15.3. The molecule has 2 aromatic carbocycles. The Hall–Kier alpha value is -3.89. The van der Waals surface area contributed by atoms with Crippen LogP contribution >= 0.6 is 0 Å². The molecule has 0 bridgehead atoms. The third kappa shape index (κ3) is 5.84. The highest BCUT2D eigenvalue weighted by molar-refractivity contribution is 5.77. The number of nitrogens with one attached hydrogen (secondary N) is 2. The van der Waals surface area contributed by atoms with Gasteiger partial charge in [0, 0.05) is 11.4 Å². The van der Waals surface area contributed by atoms with Gasteiger partial charge < -0.3 is 15.4 Å². The molecule has 168 valence electrons. The van der Waals surface area contributed by atoms with E-state index in [1.807, 2.05) is 0 Å². The van der Waals surface area contributed by atoms with E-state index in [0.29, 0.717) is 18.0 Å². The third-order valence-electron chi connectivity index (χ3n) is 4.34.